The second kappa shape index (κ2) is 6.12. The van der Waals surface area contributed by atoms with Gasteiger partial charge in [0.2, 0.25) is 0 Å². The zero-order valence-electron chi connectivity index (χ0n) is 10.4. The van der Waals surface area contributed by atoms with Crippen LogP contribution in [-0.2, 0) is 0 Å². The van der Waals surface area contributed by atoms with E-state index in [9.17, 15) is 0 Å². The highest BCUT2D eigenvalue weighted by Gasteiger charge is 2.16. The van der Waals surface area contributed by atoms with E-state index in [0.29, 0.717) is 0 Å². The fraction of sp³-hybridized carbons (Fsp3) is 0.714. The van der Waals surface area contributed by atoms with Crippen LogP contribution in [0.2, 0.25) is 0 Å². The van der Waals surface area contributed by atoms with Crippen molar-refractivity contribution in [2.45, 2.75) is 59.3 Å². The number of rotatable bonds is 5. The van der Waals surface area contributed by atoms with E-state index in [1.54, 1.807) is 11.1 Å². The summed E-state index contributed by atoms with van der Waals surface area (Å²) in [4.78, 5) is 0. The van der Waals surface area contributed by atoms with Crippen LogP contribution in [0.15, 0.2) is 22.3 Å². The molecule has 1 aliphatic rings. The van der Waals surface area contributed by atoms with Crippen molar-refractivity contribution in [1.82, 2.24) is 0 Å². The Kier molecular flexibility index (Phi) is 5.10. The van der Waals surface area contributed by atoms with E-state index in [0.717, 1.165) is 6.42 Å². The van der Waals surface area contributed by atoms with Crippen LogP contribution >= 0.6 is 0 Å². The quantitative estimate of drug-likeness (QED) is 0.724. The fourth-order valence-electron chi connectivity index (χ4n) is 2.39. The number of allylic oxidation sites excluding steroid dienone is 3. The van der Waals surface area contributed by atoms with Crippen LogP contribution in [0.4, 0.5) is 0 Å². The Morgan fingerprint density at radius 2 is 1.53 bits per heavy atom. The molecule has 0 spiro atoms. The summed E-state index contributed by atoms with van der Waals surface area (Å²) in [5.74, 6) is 0. The lowest BCUT2D eigenvalue weighted by Crippen LogP contribution is -2.05. The first-order valence-corrected chi connectivity index (χ1v) is 6.19. The van der Waals surface area contributed by atoms with Gasteiger partial charge in [0.15, 0.2) is 0 Å². The monoisotopic (exact) mass is 208 g/mol. The van der Waals surface area contributed by atoms with Gasteiger partial charge in [-0.1, -0.05) is 24.5 Å². The predicted octanol–water partition coefficient (Wildman–Crippen LogP) is 3.99. The van der Waals surface area contributed by atoms with Crippen LogP contribution < -0.4 is 0 Å². The highest BCUT2D eigenvalue weighted by atomic mass is 16.2. The summed E-state index contributed by atoms with van der Waals surface area (Å²) in [5.41, 5.74) is 6.06. The van der Waals surface area contributed by atoms with Crippen molar-refractivity contribution in [2.75, 3.05) is 6.61 Å². The van der Waals surface area contributed by atoms with Crippen molar-refractivity contribution >= 4 is 0 Å². The Hall–Kier alpha value is -0.560. The molecule has 0 fully saturated rings. The third-order valence-corrected chi connectivity index (χ3v) is 3.41. The van der Waals surface area contributed by atoms with Crippen molar-refractivity contribution in [1.29, 1.82) is 0 Å². The van der Waals surface area contributed by atoms with Gasteiger partial charge in [0.05, 0.1) is 0 Å². The minimum atomic E-state index is 0.287. The molecule has 86 valence electrons. The van der Waals surface area contributed by atoms with Crippen molar-refractivity contribution in [3.63, 3.8) is 0 Å². The van der Waals surface area contributed by atoms with Crippen LogP contribution in [0.3, 0.4) is 0 Å². The molecule has 15 heavy (non-hydrogen) atoms. The van der Waals surface area contributed by atoms with Gasteiger partial charge in [0.25, 0.3) is 0 Å². The van der Waals surface area contributed by atoms with Gasteiger partial charge in [-0.15, -0.1) is 0 Å². The third kappa shape index (κ3) is 3.20. The molecule has 0 aromatic heterocycles. The highest BCUT2D eigenvalue weighted by Crippen LogP contribution is 2.34. The molecule has 0 atom stereocenters. The van der Waals surface area contributed by atoms with Crippen molar-refractivity contribution < 1.29 is 5.11 Å². The van der Waals surface area contributed by atoms with E-state index in [1.807, 2.05) is 0 Å². The molecule has 0 bridgehead atoms. The average molecular weight is 208 g/mol. The topological polar surface area (TPSA) is 20.2 Å². The molecule has 1 nitrogen and oxygen atoms in total. The zero-order valence-corrected chi connectivity index (χ0v) is 10.4. The normalized spacial score (nSPS) is 17.6. The fourth-order valence-corrected chi connectivity index (χ4v) is 2.39. The number of hydrogen-bond acceptors (Lipinski definition) is 1. The van der Waals surface area contributed by atoms with Crippen molar-refractivity contribution in [3.8, 4) is 0 Å². The van der Waals surface area contributed by atoms with Crippen LogP contribution in [-0.4, -0.2) is 11.7 Å². The van der Waals surface area contributed by atoms with E-state index in [2.05, 4.69) is 20.8 Å². The van der Waals surface area contributed by atoms with E-state index in [-0.39, 0.29) is 6.61 Å². The van der Waals surface area contributed by atoms with Crippen LogP contribution in [0.1, 0.15) is 59.3 Å². The maximum atomic E-state index is 9.11. The van der Waals surface area contributed by atoms with Crippen molar-refractivity contribution in [2.24, 2.45) is 0 Å². The molecule has 0 aliphatic heterocycles. The summed E-state index contributed by atoms with van der Waals surface area (Å²) in [5, 5.41) is 9.11. The number of hydrogen-bond donors (Lipinski definition) is 1. The zero-order chi connectivity index (χ0) is 11.3. The molecular formula is C14H24O. The molecule has 0 saturated heterocycles. The maximum Gasteiger partial charge on any atom is 0.0471 e. The minimum absolute atomic E-state index is 0.287. The van der Waals surface area contributed by atoms with Gasteiger partial charge in [0, 0.05) is 6.61 Å². The first-order chi connectivity index (χ1) is 7.20. The number of unbranched alkanes of at least 4 members (excludes halogenated alkanes) is 1. The van der Waals surface area contributed by atoms with E-state index in [4.69, 9.17) is 5.11 Å². The molecule has 0 aromatic rings. The van der Waals surface area contributed by atoms with Gasteiger partial charge < -0.3 is 5.11 Å². The molecule has 1 aliphatic carbocycles. The number of aliphatic hydroxyl groups is 1. The summed E-state index contributed by atoms with van der Waals surface area (Å²) in [6, 6.07) is 0. The average Bonchev–Trinajstić information content (AvgIpc) is 2.23. The van der Waals surface area contributed by atoms with Gasteiger partial charge in [0.1, 0.15) is 0 Å². The highest BCUT2D eigenvalue weighted by molar-refractivity contribution is 5.41. The van der Waals surface area contributed by atoms with Gasteiger partial charge >= 0.3 is 0 Å². The second-order valence-corrected chi connectivity index (χ2v) is 4.59. The molecule has 1 N–H and O–H groups in total. The summed E-state index contributed by atoms with van der Waals surface area (Å²) < 4.78 is 0. The molecule has 0 amide bonds. The van der Waals surface area contributed by atoms with Crippen molar-refractivity contribution in [3.05, 3.63) is 22.3 Å². The van der Waals surface area contributed by atoms with Gasteiger partial charge in [-0.3, -0.25) is 0 Å². The maximum absolute atomic E-state index is 9.11. The Morgan fingerprint density at radius 3 is 2.00 bits per heavy atom. The van der Waals surface area contributed by atoms with E-state index in [1.165, 1.54) is 43.3 Å². The number of aliphatic hydroxyl groups excluding tert-OH is 1. The summed E-state index contributed by atoms with van der Waals surface area (Å²) in [6.45, 7) is 7.01. The lowest BCUT2D eigenvalue weighted by Gasteiger charge is -2.23. The molecule has 0 radical (unpaired) electrons. The van der Waals surface area contributed by atoms with Gasteiger partial charge in [-0.25, -0.2) is 0 Å². The van der Waals surface area contributed by atoms with Gasteiger partial charge in [-0.05, 0) is 57.1 Å². The summed E-state index contributed by atoms with van der Waals surface area (Å²) >= 11 is 0. The first kappa shape index (κ1) is 12.5. The predicted molar refractivity (Wildman–Crippen MR) is 65.9 cm³/mol. The van der Waals surface area contributed by atoms with Crippen LogP contribution in [0, 0.1) is 0 Å². The minimum Gasteiger partial charge on any atom is -0.396 e. The Labute approximate surface area is 93.9 Å². The standard InChI is InChI=1S/C14H24O/c1-4-5-6-13-11(2)7-8-12(3)14(13)9-10-15/h15H,4-10H2,1-3H3. The molecule has 0 saturated carbocycles. The molecular weight excluding hydrogens is 184 g/mol. The molecule has 0 heterocycles. The Balaban J connectivity index is 2.84. The van der Waals surface area contributed by atoms with E-state index >= 15 is 0 Å². The Morgan fingerprint density at radius 1 is 1.00 bits per heavy atom. The SMILES string of the molecule is CCCCC1=C(C)CCC(C)=C1CCO. The van der Waals surface area contributed by atoms with Crippen LogP contribution in [0.25, 0.3) is 0 Å². The van der Waals surface area contributed by atoms with Gasteiger partial charge in [-0.2, -0.15) is 0 Å². The molecule has 0 aromatic carbocycles. The second-order valence-electron chi connectivity index (χ2n) is 4.59. The third-order valence-electron chi connectivity index (χ3n) is 3.41. The lowest BCUT2D eigenvalue weighted by molar-refractivity contribution is 0.299. The molecule has 1 rings (SSSR count). The molecule has 1 heteroatoms. The first-order valence-electron chi connectivity index (χ1n) is 6.19. The summed E-state index contributed by atoms with van der Waals surface area (Å²) in [7, 11) is 0. The lowest BCUT2D eigenvalue weighted by atomic mass is 9.83. The smallest absolute Gasteiger partial charge is 0.0471 e. The Bertz CT molecular complexity index is 271. The molecule has 0 unspecified atom stereocenters. The van der Waals surface area contributed by atoms with Crippen LogP contribution in [0.5, 0.6) is 0 Å². The largest absolute Gasteiger partial charge is 0.396 e. The summed E-state index contributed by atoms with van der Waals surface area (Å²) in [6.07, 6.45) is 6.99. The van der Waals surface area contributed by atoms with E-state index < -0.39 is 0 Å².